The zero-order chi connectivity index (χ0) is 18.1. The van der Waals surface area contributed by atoms with Crippen molar-refractivity contribution in [3.8, 4) is 5.75 Å². The molecule has 2 heterocycles. The van der Waals surface area contributed by atoms with Crippen molar-refractivity contribution in [2.45, 2.75) is 25.7 Å². The van der Waals surface area contributed by atoms with E-state index in [1.54, 1.807) is 7.11 Å². The van der Waals surface area contributed by atoms with Gasteiger partial charge in [-0.2, -0.15) is 0 Å². The van der Waals surface area contributed by atoms with E-state index in [1.165, 1.54) is 11.3 Å². The van der Waals surface area contributed by atoms with Gasteiger partial charge >= 0.3 is 0 Å². The number of aryl methyl sites for hydroxylation is 1. The summed E-state index contributed by atoms with van der Waals surface area (Å²) >= 11 is 0. The van der Waals surface area contributed by atoms with Crippen LogP contribution in [0.1, 0.15) is 40.4 Å². The van der Waals surface area contributed by atoms with Gasteiger partial charge in [0.15, 0.2) is 0 Å². The second-order valence-corrected chi connectivity index (χ2v) is 7.13. The Morgan fingerprint density at radius 1 is 1.15 bits per heavy atom. The van der Waals surface area contributed by atoms with E-state index in [0.29, 0.717) is 5.92 Å². The maximum Gasteiger partial charge on any atom is 0.253 e. The first-order chi connectivity index (χ1) is 12.6. The molecule has 2 aromatic carbocycles. The molecule has 0 radical (unpaired) electrons. The number of fused-ring (bicyclic) bond motifs is 1. The molecule has 1 saturated heterocycles. The Kier molecular flexibility index (Phi) is 4.41. The Labute approximate surface area is 153 Å². The third kappa shape index (κ3) is 3.19. The highest BCUT2D eigenvalue weighted by Gasteiger charge is 2.26. The van der Waals surface area contributed by atoms with Crippen LogP contribution in [0.2, 0.25) is 0 Å². The summed E-state index contributed by atoms with van der Waals surface area (Å²) in [6.45, 7) is 3.63. The minimum absolute atomic E-state index is 0.132. The van der Waals surface area contributed by atoms with Gasteiger partial charge in [-0.3, -0.25) is 4.79 Å². The van der Waals surface area contributed by atoms with Crippen LogP contribution in [0.5, 0.6) is 5.75 Å². The molecule has 0 aliphatic carbocycles. The van der Waals surface area contributed by atoms with Crippen LogP contribution >= 0.6 is 0 Å². The van der Waals surface area contributed by atoms with E-state index in [9.17, 15) is 4.79 Å². The molecule has 4 nitrogen and oxygen atoms in total. The van der Waals surface area contributed by atoms with E-state index in [2.05, 4.69) is 17.1 Å². The van der Waals surface area contributed by atoms with Gasteiger partial charge in [0.2, 0.25) is 0 Å². The topological polar surface area (TPSA) is 45.3 Å². The van der Waals surface area contributed by atoms with Gasteiger partial charge in [-0.15, -0.1) is 0 Å². The zero-order valence-corrected chi connectivity index (χ0v) is 15.3. The van der Waals surface area contributed by atoms with E-state index in [1.807, 2.05) is 48.2 Å². The Morgan fingerprint density at radius 2 is 1.96 bits per heavy atom. The molecule has 1 aliphatic rings. The fourth-order valence-corrected chi connectivity index (χ4v) is 3.77. The summed E-state index contributed by atoms with van der Waals surface area (Å²) in [5, 5.41) is 1.15. The van der Waals surface area contributed by atoms with Gasteiger partial charge < -0.3 is 14.6 Å². The number of carbonyl (C=O) groups excluding carboxylic acids is 1. The Bertz CT molecular complexity index is 927. The number of carbonyl (C=O) groups is 1. The zero-order valence-electron chi connectivity index (χ0n) is 15.3. The molecule has 1 amide bonds. The lowest BCUT2D eigenvalue weighted by atomic mass is 9.94. The van der Waals surface area contributed by atoms with Gasteiger partial charge in [0.1, 0.15) is 5.75 Å². The molecular formula is C22H24N2O2. The van der Waals surface area contributed by atoms with Gasteiger partial charge in [-0.25, -0.2) is 0 Å². The molecule has 0 saturated carbocycles. The number of hydrogen-bond donors (Lipinski definition) is 1. The average molecular weight is 348 g/mol. The average Bonchev–Trinajstić information content (AvgIpc) is 3.11. The first-order valence-corrected chi connectivity index (χ1v) is 9.16. The van der Waals surface area contributed by atoms with E-state index in [-0.39, 0.29) is 5.91 Å². The van der Waals surface area contributed by atoms with E-state index < -0.39 is 0 Å². The van der Waals surface area contributed by atoms with Crippen molar-refractivity contribution in [1.82, 2.24) is 9.88 Å². The molecule has 4 rings (SSSR count). The lowest BCUT2D eigenvalue weighted by Gasteiger charge is -2.32. The molecule has 1 unspecified atom stereocenters. The highest BCUT2D eigenvalue weighted by atomic mass is 16.5. The predicted octanol–water partition coefficient (Wildman–Crippen LogP) is 4.50. The summed E-state index contributed by atoms with van der Waals surface area (Å²) < 4.78 is 5.32. The predicted molar refractivity (Wildman–Crippen MR) is 104 cm³/mol. The number of rotatable bonds is 3. The number of methoxy groups -OCH3 is 1. The largest absolute Gasteiger partial charge is 0.497 e. The minimum atomic E-state index is 0.132. The third-order valence-corrected chi connectivity index (χ3v) is 5.30. The number of nitrogens with zero attached hydrogens (tertiary/aromatic N) is 1. The molecule has 134 valence electrons. The van der Waals surface area contributed by atoms with Gasteiger partial charge in [-0.05, 0) is 56.2 Å². The van der Waals surface area contributed by atoms with Gasteiger partial charge in [0.25, 0.3) is 5.91 Å². The fourth-order valence-electron chi connectivity index (χ4n) is 3.77. The normalized spacial score (nSPS) is 17.5. The second kappa shape index (κ2) is 6.87. The van der Waals surface area contributed by atoms with Crippen LogP contribution in [-0.4, -0.2) is 36.0 Å². The molecular weight excluding hydrogens is 324 g/mol. The number of hydrogen-bond acceptors (Lipinski definition) is 2. The Hall–Kier alpha value is -2.75. The number of aromatic nitrogens is 1. The Morgan fingerprint density at radius 3 is 2.73 bits per heavy atom. The van der Waals surface area contributed by atoms with Gasteiger partial charge in [0, 0.05) is 41.2 Å². The molecule has 1 aliphatic heterocycles. The van der Waals surface area contributed by atoms with Crippen molar-refractivity contribution >= 4 is 16.8 Å². The van der Waals surface area contributed by atoms with Crippen LogP contribution in [0.15, 0.2) is 48.5 Å². The SMILES string of the molecule is COc1ccc2[nH]c(C3CCCN(C(=O)c4ccc(C)cc4)C3)cc2c1. The molecule has 26 heavy (non-hydrogen) atoms. The fraction of sp³-hybridized carbons (Fsp3) is 0.318. The van der Waals surface area contributed by atoms with Crippen molar-refractivity contribution in [2.24, 2.45) is 0 Å². The third-order valence-electron chi connectivity index (χ3n) is 5.30. The highest BCUT2D eigenvalue weighted by Crippen LogP contribution is 2.31. The second-order valence-electron chi connectivity index (χ2n) is 7.13. The highest BCUT2D eigenvalue weighted by molar-refractivity contribution is 5.94. The van der Waals surface area contributed by atoms with E-state index in [4.69, 9.17) is 4.74 Å². The number of nitrogens with one attached hydrogen (secondary N) is 1. The van der Waals surface area contributed by atoms with Gasteiger partial charge in [-0.1, -0.05) is 17.7 Å². The lowest BCUT2D eigenvalue weighted by Crippen LogP contribution is -2.39. The monoisotopic (exact) mass is 348 g/mol. The number of benzene rings is 2. The van der Waals surface area contributed by atoms with Crippen LogP contribution in [0.25, 0.3) is 10.9 Å². The molecule has 3 aromatic rings. The van der Waals surface area contributed by atoms with Gasteiger partial charge in [0.05, 0.1) is 7.11 Å². The van der Waals surface area contributed by atoms with E-state index in [0.717, 1.165) is 48.1 Å². The van der Waals surface area contributed by atoms with Crippen LogP contribution < -0.4 is 4.74 Å². The molecule has 4 heteroatoms. The summed E-state index contributed by atoms with van der Waals surface area (Å²) in [7, 11) is 1.68. The number of H-pyrrole nitrogens is 1. The molecule has 0 spiro atoms. The Balaban J connectivity index is 1.54. The molecule has 0 bridgehead atoms. The summed E-state index contributed by atoms with van der Waals surface area (Å²) in [5.74, 6) is 1.34. The lowest BCUT2D eigenvalue weighted by molar-refractivity contribution is 0.0706. The quantitative estimate of drug-likeness (QED) is 0.757. The summed E-state index contributed by atoms with van der Waals surface area (Å²) in [4.78, 5) is 18.4. The van der Waals surface area contributed by atoms with Crippen LogP contribution in [-0.2, 0) is 0 Å². The smallest absolute Gasteiger partial charge is 0.253 e. The molecule has 1 atom stereocenters. The molecule has 1 N–H and O–H groups in total. The first-order valence-electron chi connectivity index (χ1n) is 9.16. The number of piperidine rings is 1. The summed E-state index contributed by atoms with van der Waals surface area (Å²) in [6.07, 6.45) is 2.13. The number of likely N-dealkylation sites (tertiary alicyclic amines) is 1. The van der Waals surface area contributed by atoms with E-state index >= 15 is 0 Å². The van der Waals surface area contributed by atoms with Crippen molar-refractivity contribution in [3.63, 3.8) is 0 Å². The standard InChI is InChI=1S/C22H24N2O2/c1-15-5-7-16(8-6-15)22(25)24-11-3-4-17(14-24)21-13-18-12-19(26-2)9-10-20(18)23-21/h5-10,12-13,17,23H,3-4,11,14H2,1-2H3. The van der Waals surface area contributed by atoms with Crippen LogP contribution in [0.4, 0.5) is 0 Å². The number of ether oxygens (including phenoxy) is 1. The molecule has 1 aromatic heterocycles. The van der Waals surface area contributed by atoms with Crippen LogP contribution in [0, 0.1) is 6.92 Å². The summed E-state index contributed by atoms with van der Waals surface area (Å²) in [6, 6.07) is 16.1. The van der Waals surface area contributed by atoms with Crippen LogP contribution in [0.3, 0.4) is 0 Å². The minimum Gasteiger partial charge on any atom is -0.497 e. The number of aromatic amines is 1. The molecule has 1 fully saturated rings. The van der Waals surface area contributed by atoms with Crippen molar-refractivity contribution in [2.75, 3.05) is 20.2 Å². The number of amides is 1. The van der Waals surface area contributed by atoms with Crippen molar-refractivity contribution in [3.05, 3.63) is 65.4 Å². The maximum atomic E-state index is 12.8. The van der Waals surface area contributed by atoms with Crippen molar-refractivity contribution in [1.29, 1.82) is 0 Å². The summed E-state index contributed by atoms with van der Waals surface area (Å²) in [5.41, 5.74) is 4.27. The maximum absolute atomic E-state index is 12.8. The van der Waals surface area contributed by atoms with Crippen molar-refractivity contribution < 1.29 is 9.53 Å². The first kappa shape index (κ1) is 16.7.